The lowest BCUT2D eigenvalue weighted by atomic mass is 10.1. The number of aromatic nitrogens is 3. The first-order chi connectivity index (χ1) is 9.97. The summed E-state index contributed by atoms with van der Waals surface area (Å²) in [6, 6.07) is 3.88. The highest BCUT2D eigenvalue weighted by Gasteiger charge is 2.20. The highest BCUT2D eigenvalue weighted by molar-refractivity contribution is 5.99. The van der Waals surface area contributed by atoms with Crippen LogP contribution in [0, 0.1) is 10.1 Å². The van der Waals surface area contributed by atoms with Crippen LogP contribution in [0.3, 0.4) is 0 Å². The third-order valence-corrected chi connectivity index (χ3v) is 2.74. The fraction of sp³-hybridized carbons (Fsp3) is 0.250. The van der Waals surface area contributed by atoms with E-state index < -0.39 is 10.8 Å². The molecular formula is C12H14N6O3. The first-order valence-electron chi connectivity index (χ1n) is 6.14. The lowest BCUT2D eigenvalue weighted by Gasteiger charge is -2.05. The number of amides is 1. The van der Waals surface area contributed by atoms with Crippen molar-refractivity contribution < 1.29 is 9.72 Å². The lowest BCUT2D eigenvalue weighted by Crippen LogP contribution is -2.26. The van der Waals surface area contributed by atoms with E-state index in [1.165, 1.54) is 18.2 Å². The van der Waals surface area contributed by atoms with E-state index in [4.69, 9.17) is 5.73 Å². The summed E-state index contributed by atoms with van der Waals surface area (Å²) in [5, 5.41) is 17.6. The van der Waals surface area contributed by atoms with E-state index in [0.29, 0.717) is 12.2 Å². The minimum absolute atomic E-state index is 0.0611. The van der Waals surface area contributed by atoms with Crippen LogP contribution >= 0.6 is 0 Å². The SMILES string of the molecule is Cn1cnc(CCNC(=O)c2cc(N)ccc2[N+](=O)[O-])n1. The number of nitro benzene ring substituents is 1. The summed E-state index contributed by atoms with van der Waals surface area (Å²) in [6.07, 6.45) is 1.99. The molecule has 1 aromatic heterocycles. The van der Waals surface area contributed by atoms with Crippen LogP contribution in [-0.2, 0) is 13.5 Å². The van der Waals surface area contributed by atoms with Gasteiger partial charge in [0, 0.05) is 31.8 Å². The van der Waals surface area contributed by atoms with Crippen molar-refractivity contribution in [3.63, 3.8) is 0 Å². The first-order valence-corrected chi connectivity index (χ1v) is 6.14. The molecule has 1 aromatic carbocycles. The van der Waals surface area contributed by atoms with E-state index in [-0.39, 0.29) is 23.5 Å². The van der Waals surface area contributed by atoms with E-state index in [9.17, 15) is 14.9 Å². The minimum atomic E-state index is -0.616. The molecule has 0 unspecified atom stereocenters. The number of hydrogen-bond acceptors (Lipinski definition) is 6. The summed E-state index contributed by atoms with van der Waals surface area (Å²) in [6.45, 7) is 0.273. The maximum Gasteiger partial charge on any atom is 0.282 e. The highest BCUT2D eigenvalue weighted by atomic mass is 16.6. The van der Waals surface area contributed by atoms with Crippen LogP contribution in [0.4, 0.5) is 11.4 Å². The maximum absolute atomic E-state index is 12.0. The average molecular weight is 290 g/mol. The fourth-order valence-corrected chi connectivity index (χ4v) is 1.78. The second kappa shape index (κ2) is 5.99. The Morgan fingerprint density at radius 2 is 2.29 bits per heavy atom. The number of anilines is 1. The predicted octanol–water partition coefficient (Wildman–Crippen LogP) is 0.278. The number of nitrogen functional groups attached to an aromatic ring is 1. The smallest absolute Gasteiger partial charge is 0.282 e. The summed E-state index contributed by atoms with van der Waals surface area (Å²) in [5.41, 5.74) is 5.51. The molecule has 3 N–H and O–H groups in total. The van der Waals surface area contributed by atoms with Gasteiger partial charge in [-0.25, -0.2) is 4.98 Å². The fourth-order valence-electron chi connectivity index (χ4n) is 1.78. The van der Waals surface area contributed by atoms with Crippen LogP contribution in [0.15, 0.2) is 24.5 Å². The highest BCUT2D eigenvalue weighted by Crippen LogP contribution is 2.20. The molecule has 1 heterocycles. The van der Waals surface area contributed by atoms with Crippen LogP contribution in [0.5, 0.6) is 0 Å². The van der Waals surface area contributed by atoms with Gasteiger partial charge in [0.25, 0.3) is 11.6 Å². The Morgan fingerprint density at radius 1 is 1.52 bits per heavy atom. The number of nitrogens with one attached hydrogen (secondary N) is 1. The molecular weight excluding hydrogens is 276 g/mol. The Morgan fingerprint density at radius 3 is 2.90 bits per heavy atom. The summed E-state index contributed by atoms with van der Waals surface area (Å²) in [5.74, 6) is 0.0322. The Kier molecular flexibility index (Phi) is 4.12. The molecule has 0 radical (unpaired) electrons. The molecule has 0 fully saturated rings. The van der Waals surface area contributed by atoms with Crippen molar-refractivity contribution in [3.8, 4) is 0 Å². The second-order valence-electron chi connectivity index (χ2n) is 4.37. The van der Waals surface area contributed by atoms with Crippen molar-refractivity contribution in [2.45, 2.75) is 6.42 Å². The zero-order valence-corrected chi connectivity index (χ0v) is 11.3. The molecule has 2 aromatic rings. The molecule has 0 aliphatic heterocycles. The molecule has 0 atom stereocenters. The van der Waals surface area contributed by atoms with Gasteiger partial charge in [-0.3, -0.25) is 19.6 Å². The molecule has 0 saturated carbocycles. The summed E-state index contributed by atoms with van der Waals surface area (Å²) in [4.78, 5) is 26.3. The van der Waals surface area contributed by atoms with Crippen LogP contribution < -0.4 is 11.1 Å². The number of benzene rings is 1. The normalized spacial score (nSPS) is 10.3. The van der Waals surface area contributed by atoms with Gasteiger partial charge < -0.3 is 11.1 Å². The molecule has 1 amide bonds. The van der Waals surface area contributed by atoms with Crippen molar-refractivity contribution in [1.29, 1.82) is 0 Å². The zero-order valence-electron chi connectivity index (χ0n) is 11.3. The van der Waals surface area contributed by atoms with Crippen molar-refractivity contribution >= 4 is 17.3 Å². The standard InChI is InChI=1S/C12H14N6O3/c1-17-7-15-11(16-17)4-5-14-12(19)9-6-8(13)2-3-10(9)18(20)21/h2-3,6-7H,4-5,13H2,1H3,(H,14,19). The number of carbonyl (C=O) groups excluding carboxylic acids is 1. The quantitative estimate of drug-likeness (QED) is 0.462. The number of hydrogen-bond donors (Lipinski definition) is 2. The topological polar surface area (TPSA) is 129 Å². The van der Waals surface area contributed by atoms with E-state index >= 15 is 0 Å². The Labute approximate surface area is 119 Å². The number of aryl methyl sites for hydroxylation is 1. The van der Waals surface area contributed by atoms with Crippen LogP contribution in [-0.4, -0.2) is 32.1 Å². The van der Waals surface area contributed by atoms with Gasteiger partial charge >= 0.3 is 0 Å². The van der Waals surface area contributed by atoms with Gasteiger partial charge in [0.1, 0.15) is 11.9 Å². The van der Waals surface area contributed by atoms with Crippen LogP contribution in [0.2, 0.25) is 0 Å². The number of nitrogens with zero attached hydrogens (tertiary/aromatic N) is 4. The van der Waals surface area contributed by atoms with E-state index in [2.05, 4.69) is 15.4 Å². The molecule has 0 saturated heterocycles. The zero-order chi connectivity index (χ0) is 15.4. The van der Waals surface area contributed by atoms with Crippen molar-refractivity contribution in [3.05, 3.63) is 46.0 Å². The summed E-state index contributed by atoms with van der Waals surface area (Å²) >= 11 is 0. The molecule has 21 heavy (non-hydrogen) atoms. The first kappa shape index (κ1) is 14.4. The molecule has 110 valence electrons. The van der Waals surface area contributed by atoms with E-state index in [0.717, 1.165) is 0 Å². The molecule has 0 bridgehead atoms. The Balaban J connectivity index is 2.03. The van der Waals surface area contributed by atoms with Crippen molar-refractivity contribution in [2.24, 2.45) is 7.05 Å². The van der Waals surface area contributed by atoms with Gasteiger partial charge in [-0.05, 0) is 12.1 Å². The van der Waals surface area contributed by atoms with Gasteiger partial charge in [-0.1, -0.05) is 0 Å². The lowest BCUT2D eigenvalue weighted by molar-refractivity contribution is -0.385. The van der Waals surface area contributed by atoms with Gasteiger partial charge in [-0.15, -0.1) is 0 Å². The minimum Gasteiger partial charge on any atom is -0.399 e. The number of nitrogens with two attached hydrogens (primary N) is 1. The molecule has 9 heteroatoms. The number of carbonyl (C=O) groups is 1. The van der Waals surface area contributed by atoms with E-state index in [1.54, 1.807) is 18.1 Å². The van der Waals surface area contributed by atoms with Gasteiger partial charge in [0.15, 0.2) is 5.82 Å². The largest absolute Gasteiger partial charge is 0.399 e. The van der Waals surface area contributed by atoms with Crippen molar-refractivity contribution in [1.82, 2.24) is 20.1 Å². The third kappa shape index (κ3) is 3.53. The molecule has 0 aliphatic carbocycles. The predicted molar refractivity (Wildman–Crippen MR) is 74.5 cm³/mol. The average Bonchev–Trinajstić information content (AvgIpc) is 2.84. The monoisotopic (exact) mass is 290 g/mol. The third-order valence-electron chi connectivity index (χ3n) is 2.74. The molecule has 9 nitrogen and oxygen atoms in total. The molecule has 0 aliphatic rings. The van der Waals surface area contributed by atoms with Gasteiger partial charge in [0.2, 0.25) is 0 Å². The van der Waals surface area contributed by atoms with Gasteiger partial charge in [0.05, 0.1) is 4.92 Å². The Hall–Kier alpha value is -2.97. The van der Waals surface area contributed by atoms with E-state index in [1.807, 2.05) is 0 Å². The summed E-state index contributed by atoms with van der Waals surface area (Å²) < 4.78 is 1.56. The van der Waals surface area contributed by atoms with Crippen LogP contribution in [0.1, 0.15) is 16.2 Å². The Bertz CT molecular complexity index is 681. The van der Waals surface area contributed by atoms with Crippen LogP contribution in [0.25, 0.3) is 0 Å². The number of nitro groups is 1. The second-order valence-corrected chi connectivity index (χ2v) is 4.37. The van der Waals surface area contributed by atoms with Gasteiger partial charge in [-0.2, -0.15) is 5.10 Å². The number of rotatable bonds is 5. The maximum atomic E-state index is 12.0. The molecule has 0 spiro atoms. The summed E-state index contributed by atoms with van der Waals surface area (Å²) in [7, 11) is 1.74. The van der Waals surface area contributed by atoms with Crippen molar-refractivity contribution in [2.75, 3.05) is 12.3 Å². The molecule has 2 rings (SSSR count).